The van der Waals surface area contributed by atoms with Crippen molar-refractivity contribution in [1.82, 2.24) is 10.4 Å². The van der Waals surface area contributed by atoms with Crippen molar-refractivity contribution in [1.29, 1.82) is 0 Å². The monoisotopic (exact) mass is 227 g/mol. The van der Waals surface area contributed by atoms with Gasteiger partial charge in [-0.25, -0.2) is 0 Å². The average molecular weight is 227 g/mol. The minimum Gasteiger partial charge on any atom is -0.405 e. The first kappa shape index (κ1) is 10.6. The lowest BCUT2D eigenvalue weighted by molar-refractivity contribution is -0.0665. The summed E-state index contributed by atoms with van der Waals surface area (Å²) in [6.45, 7) is 3.79. The van der Waals surface area contributed by atoms with E-state index in [-0.39, 0.29) is 0 Å². The molecule has 2 aromatic carbocycles. The normalized spacial score (nSPS) is 17.2. The third-order valence-corrected chi connectivity index (χ3v) is 2.94. The highest BCUT2D eigenvalue weighted by molar-refractivity contribution is 5.82. The van der Waals surface area contributed by atoms with Gasteiger partial charge in [-0.3, -0.25) is 0 Å². The van der Waals surface area contributed by atoms with Gasteiger partial charge in [0.05, 0.1) is 0 Å². The molecule has 0 saturated carbocycles. The second-order valence-corrected chi connectivity index (χ2v) is 4.18. The summed E-state index contributed by atoms with van der Waals surface area (Å²) < 4.78 is 0. The Morgan fingerprint density at radius 2 is 1.88 bits per heavy atom. The van der Waals surface area contributed by atoms with Crippen LogP contribution in [-0.2, 0) is 0 Å². The molecule has 0 amide bonds. The van der Waals surface area contributed by atoms with E-state index in [0.717, 1.165) is 37.3 Å². The zero-order valence-electron chi connectivity index (χ0n) is 9.65. The molecule has 1 radical (unpaired) electrons. The fourth-order valence-electron chi connectivity index (χ4n) is 2.02. The van der Waals surface area contributed by atoms with Crippen LogP contribution in [-0.4, -0.2) is 31.2 Å². The third kappa shape index (κ3) is 2.40. The third-order valence-electron chi connectivity index (χ3n) is 2.94. The predicted octanol–water partition coefficient (Wildman–Crippen LogP) is 1.84. The molecule has 0 aromatic heterocycles. The molecule has 1 saturated heterocycles. The van der Waals surface area contributed by atoms with Gasteiger partial charge in [-0.05, 0) is 16.8 Å². The molecule has 0 unspecified atom stereocenters. The maximum absolute atomic E-state index is 5.80. The van der Waals surface area contributed by atoms with Gasteiger partial charge in [0.2, 0.25) is 0 Å². The van der Waals surface area contributed by atoms with Gasteiger partial charge in [0.25, 0.3) is 0 Å². The molecule has 1 fully saturated rings. The summed E-state index contributed by atoms with van der Waals surface area (Å²) in [6.07, 6.45) is 0. The van der Waals surface area contributed by atoms with Crippen LogP contribution in [0.15, 0.2) is 36.4 Å². The number of benzene rings is 2. The smallest absolute Gasteiger partial charge is 0.156 e. The Balaban J connectivity index is 1.80. The second-order valence-electron chi connectivity index (χ2n) is 4.18. The molecular weight excluding hydrogens is 212 g/mol. The van der Waals surface area contributed by atoms with Crippen molar-refractivity contribution in [2.75, 3.05) is 26.2 Å². The molecule has 2 aromatic rings. The van der Waals surface area contributed by atoms with Crippen LogP contribution in [0.4, 0.5) is 0 Å². The minimum atomic E-state index is 0.797. The van der Waals surface area contributed by atoms with Crippen LogP contribution in [0.5, 0.6) is 5.75 Å². The summed E-state index contributed by atoms with van der Waals surface area (Å²) in [5.41, 5.74) is 0. The Kier molecular flexibility index (Phi) is 2.94. The molecule has 87 valence electrons. The molecule has 1 aliphatic rings. The number of piperazine rings is 1. The van der Waals surface area contributed by atoms with Crippen LogP contribution in [0.3, 0.4) is 0 Å². The van der Waals surface area contributed by atoms with Crippen LogP contribution in [0.2, 0.25) is 0 Å². The first-order chi connectivity index (χ1) is 8.42. The number of nitrogens with one attached hydrogen (secondary N) is 1. The van der Waals surface area contributed by atoms with E-state index in [2.05, 4.69) is 29.6 Å². The van der Waals surface area contributed by atoms with Crippen LogP contribution in [0.25, 0.3) is 10.8 Å². The van der Waals surface area contributed by atoms with Gasteiger partial charge in [-0.2, -0.15) is 0 Å². The van der Waals surface area contributed by atoms with Gasteiger partial charge in [0.1, 0.15) is 0 Å². The molecule has 3 rings (SSSR count). The zero-order chi connectivity index (χ0) is 11.5. The predicted molar refractivity (Wildman–Crippen MR) is 67.9 cm³/mol. The Labute approximate surface area is 101 Å². The Bertz CT molecular complexity index is 506. The van der Waals surface area contributed by atoms with Crippen LogP contribution >= 0.6 is 0 Å². The highest BCUT2D eigenvalue weighted by Gasteiger charge is 2.11. The van der Waals surface area contributed by atoms with E-state index in [9.17, 15) is 0 Å². The highest BCUT2D eigenvalue weighted by Crippen LogP contribution is 2.20. The summed E-state index contributed by atoms with van der Waals surface area (Å²) in [7, 11) is 0. The van der Waals surface area contributed by atoms with Crippen LogP contribution in [0.1, 0.15) is 0 Å². The maximum Gasteiger partial charge on any atom is 0.156 e. The van der Waals surface area contributed by atoms with Crippen molar-refractivity contribution in [3.8, 4) is 5.75 Å². The van der Waals surface area contributed by atoms with Crippen molar-refractivity contribution in [2.45, 2.75) is 0 Å². The lowest BCUT2D eigenvalue weighted by Crippen LogP contribution is -2.45. The van der Waals surface area contributed by atoms with E-state index in [1.165, 1.54) is 5.39 Å². The Hall–Kier alpha value is -1.58. The van der Waals surface area contributed by atoms with Gasteiger partial charge in [0.15, 0.2) is 5.75 Å². The fraction of sp³-hybridized carbons (Fsp3) is 0.286. The molecular formula is C14H15N2O. The Morgan fingerprint density at radius 3 is 2.76 bits per heavy atom. The summed E-state index contributed by atoms with van der Waals surface area (Å²) in [4.78, 5) is 5.80. The molecule has 17 heavy (non-hydrogen) atoms. The molecule has 0 spiro atoms. The first-order valence-electron chi connectivity index (χ1n) is 5.96. The molecule has 1 aliphatic heterocycles. The summed E-state index contributed by atoms with van der Waals surface area (Å²) >= 11 is 0. The van der Waals surface area contributed by atoms with Gasteiger partial charge in [0, 0.05) is 32.2 Å². The van der Waals surface area contributed by atoms with Crippen molar-refractivity contribution in [2.24, 2.45) is 0 Å². The summed E-state index contributed by atoms with van der Waals surface area (Å²) in [6, 6.07) is 15.5. The number of hydrogen-bond donors (Lipinski definition) is 1. The van der Waals surface area contributed by atoms with E-state index in [0.29, 0.717) is 0 Å². The number of nitrogens with zero attached hydrogens (tertiary/aromatic N) is 1. The zero-order valence-corrected chi connectivity index (χ0v) is 9.65. The van der Waals surface area contributed by atoms with E-state index in [1.54, 1.807) is 0 Å². The van der Waals surface area contributed by atoms with E-state index in [1.807, 2.05) is 23.3 Å². The quantitative estimate of drug-likeness (QED) is 0.847. The maximum atomic E-state index is 5.80. The standard InChI is InChI=1S/C14H15N2O/c1-2-4-13-11-14(6-5-12(13)3-1)17-16-9-7-15-8-10-16/h1-6,15H,7-10H2. The molecule has 1 heterocycles. The molecule has 3 heteroatoms. The molecule has 3 nitrogen and oxygen atoms in total. The van der Waals surface area contributed by atoms with E-state index < -0.39 is 0 Å². The summed E-state index contributed by atoms with van der Waals surface area (Å²) in [5, 5.41) is 7.57. The van der Waals surface area contributed by atoms with Crippen molar-refractivity contribution in [3.05, 3.63) is 42.5 Å². The van der Waals surface area contributed by atoms with Crippen LogP contribution < -0.4 is 10.2 Å². The summed E-state index contributed by atoms with van der Waals surface area (Å²) in [5.74, 6) is 0.797. The van der Waals surface area contributed by atoms with Gasteiger partial charge in [-0.1, -0.05) is 30.3 Å². The molecule has 0 aliphatic carbocycles. The van der Waals surface area contributed by atoms with Crippen molar-refractivity contribution in [3.63, 3.8) is 0 Å². The van der Waals surface area contributed by atoms with Gasteiger partial charge < -0.3 is 10.2 Å². The van der Waals surface area contributed by atoms with Crippen LogP contribution in [0, 0.1) is 6.07 Å². The van der Waals surface area contributed by atoms with Gasteiger partial charge >= 0.3 is 0 Å². The first-order valence-corrected chi connectivity index (χ1v) is 5.96. The molecule has 0 bridgehead atoms. The SMILES string of the molecule is [c]1c(ON2CCNCC2)ccc2ccccc12. The second kappa shape index (κ2) is 4.73. The molecule has 1 N–H and O–H groups in total. The number of hydroxylamine groups is 2. The van der Waals surface area contributed by atoms with E-state index >= 15 is 0 Å². The minimum absolute atomic E-state index is 0.797. The number of fused-ring (bicyclic) bond motifs is 1. The highest BCUT2D eigenvalue weighted by atomic mass is 16.7. The average Bonchev–Trinajstić information content (AvgIpc) is 2.40. The fourth-order valence-corrected chi connectivity index (χ4v) is 2.02. The lowest BCUT2D eigenvalue weighted by atomic mass is 10.1. The Morgan fingerprint density at radius 1 is 1.06 bits per heavy atom. The lowest BCUT2D eigenvalue weighted by Gasteiger charge is -2.26. The number of rotatable bonds is 2. The van der Waals surface area contributed by atoms with Gasteiger partial charge in [-0.15, -0.1) is 5.06 Å². The number of hydrogen-bond acceptors (Lipinski definition) is 3. The molecule has 0 atom stereocenters. The topological polar surface area (TPSA) is 24.5 Å². The van der Waals surface area contributed by atoms with Crippen molar-refractivity contribution < 1.29 is 4.84 Å². The van der Waals surface area contributed by atoms with E-state index in [4.69, 9.17) is 4.84 Å². The largest absolute Gasteiger partial charge is 0.405 e. The van der Waals surface area contributed by atoms with Crippen molar-refractivity contribution >= 4 is 10.8 Å².